The average Bonchev–Trinajstić information content (AvgIpc) is 2.75. The summed E-state index contributed by atoms with van der Waals surface area (Å²) in [6.45, 7) is 2.45. The zero-order valence-corrected chi connectivity index (χ0v) is 9.46. The molecule has 1 fully saturated rings. The summed E-state index contributed by atoms with van der Waals surface area (Å²) in [6, 6.07) is 1.62. The molecular formula is C10H15N3O4. The number of carbonyl (C=O) groups is 1. The minimum absolute atomic E-state index is 0.105. The molecular weight excluding hydrogens is 226 g/mol. The number of hydrogen-bond donors (Lipinski definition) is 3. The number of nitrogens with zero attached hydrogens (tertiary/aromatic N) is 2. The fourth-order valence-corrected chi connectivity index (χ4v) is 1.78. The van der Waals surface area contributed by atoms with E-state index < -0.39 is 12.2 Å². The van der Waals surface area contributed by atoms with Gasteiger partial charge in [-0.1, -0.05) is 5.16 Å². The highest BCUT2D eigenvalue weighted by Crippen LogP contribution is 2.11. The quantitative estimate of drug-likeness (QED) is 0.625. The van der Waals surface area contributed by atoms with Crippen LogP contribution in [-0.4, -0.2) is 58.0 Å². The van der Waals surface area contributed by atoms with Gasteiger partial charge in [0.15, 0.2) is 0 Å². The van der Waals surface area contributed by atoms with E-state index in [4.69, 9.17) is 4.52 Å². The third kappa shape index (κ3) is 3.02. The molecule has 17 heavy (non-hydrogen) atoms. The molecule has 3 N–H and O–H groups in total. The third-order valence-electron chi connectivity index (χ3n) is 2.59. The lowest BCUT2D eigenvalue weighted by Crippen LogP contribution is -2.32. The standard InChI is InChI=1S/C10H15N3O4/c1-6-2-10(17-12-6)11-9(16)5-13-3-7(14)8(15)4-13/h2,7-8,14-15H,3-5H2,1H3,(H,11,16). The van der Waals surface area contributed by atoms with Crippen LogP contribution in [0.2, 0.25) is 0 Å². The number of aromatic nitrogens is 1. The SMILES string of the molecule is Cc1cc(NC(=O)CN2CC(O)C(O)C2)on1. The minimum Gasteiger partial charge on any atom is -0.389 e. The predicted octanol–water partition coefficient (Wildman–Crippen LogP) is -1.04. The Hall–Kier alpha value is -1.44. The van der Waals surface area contributed by atoms with E-state index in [1.807, 2.05) is 0 Å². The first kappa shape index (κ1) is 12.0. The molecule has 2 unspecified atom stereocenters. The number of hydrogen-bond acceptors (Lipinski definition) is 6. The molecule has 0 aromatic carbocycles. The number of aliphatic hydroxyl groups excluding tert-OH is 2. The van der Waals surface area contributed by atoms with Gasteiger partial charge in [0.1, 0.15) is 0 Å². The molecule has 2 rings (SSSR count). The van der Waals surface area contributed by atoms with Crippen LogP contribution < -0.4 is 5.32 Å². The molecule has 1 aromatic rings. The number of rotatable bonds is 3. The van der Waals surface area contributed by atoms with E-state index in [1.54, 1.807) is 17.9 Å². The van der Waals surface area contributed by atoms with Crippen molar-refractivity contribution in [1.29, 1.82) is 0 Å². The van der Waals surface area contributed by atoms with Crippen molar-refractivity contribution < 1.29 is 19.5 Å². The van der Waals surface area contributed by atoms with Crippen LogP contribution in [0, 0.1) is 6.92 Å². The van der Waals surface area contributed by atoms with Gasteiger partial charge in [-0.3, -0.25) is 15.0 Å². The zero-order valence-electron chi connectivity index (χ0n) is 9.46. The third-order valence-corrected chi connectivity index (χ3v) is 2.59. The van der Waals surface area contributed by atoms with Gasteiger partial charge in [-0.2, -0.15) is 0 Å². The van der Waals surface area contributed by atoms with Gasteiger partial charge in [0, 0.05) is 19.2 Å². The highest BCUT2D eigenvalue weighted by atomic mass is 16.5. The van der Waals surface area contributed by atoms with Crippen LogP contribution in [0.5, 0.6) is 0 Å². The van der Waals surface area contributed by atoms with Crippen molar-refractivity contribution in [3.63, 3.8) is 0 Å². The molecule has 7 heteroatoms. The maximum absolute atomic E-state index is 11.6. The number of amides is 1. The lowest BCUT2D eigenvalue weighted by atomic mass is 10.3. The minimum atomic E-state index is -0.782. The Kier molecular flexibility index (Phi) is 3.41. The van der Waals surface area contributed by atoms with Crippen molar-refractivity contribution >= 4 is 11.8 Å². The van der Waals surface area contributed by atoms with Crippen LogP contribution in [-0.2, 0) is 4.79 Å². The largest absolute Gasteiger partial charge is 0.389 e. The number of aliphatic hydroxyl groups is 2. The van der Waals surface area contributed by atoms with Gasteiger partial charge in [-0.25, -0.2) is 0 Å². The van der Waals surface area contributed by atoms with E-state index in [1.165, 1.54) is 0 Å². The number of nitrogens with one attached hydrogen (secondary N) is 1. The summed E-state index contributed by atoms with van der Waals surface area (Å²) in [5, 5.41) is 24.8. The second-order valence-corrected chi connectivity index (χ2v) is 4.21. The Labute approximate surface area is 98.0 Å². The van der Waals surface area contributed by atoms with E-state index in [2.05, 4.69) is 10.5 Å². The molecule has 1 aliphatic rings. The fourth-order valence-electron chi connectivity index (χ4n) is 1.78. The summed E-state index contributed by atoms with van der Waals surface area (Å²) in [5.74, 6) is 0.0373. The number of likely N-dealkylation sites (tertiary alicyclic amines) is 1. The number of anilines is 1. The normalized spacial score (nSPS) is 25.1. The van der Waals surface area contributed by atoms with E-state index in [0.717, 1.165) is 0 Å². The van der Waals surface area contributed by atoms with Gasteiger partial charge in [0.2, 0.25) is 11.8 Å². The van der Waals surface area contributed by atoms with E-state index in [0.29, 0.717) is 24.7 Å². The van der Waals surface area contributed by atoms with Gasteiger partial charge in [0.05, 0.1) is 24.4 Å². The first-order valence-electron chi connectivity index (χ1n) is 5.36. The first-order chi connectivity index (χ1) is 8.04. The fraction of sp³-hybridized carbons (Fsp3) is 0.600. The highest BCUT2D eigenvalue weighted by Gasteiger charge is 2.30. The lowest BCUT2D eigenvalue weighted by molar-refractivity contribution is -0.117. The average molecular weight is 241 g/mol. The monoisotopic (exact) mass is 241 g/mol. The van der Waals surface area contributed by atoms with Gasteiger partial charge in [-0.15, -0.1) is 0 Å². The Balaban J connectivity index is 1.82. The van der Waals surface area contributed by atoms with Gasteiger partial charge < -0.3 is 14.7 Å². The molecule has 0 radical (unpaired) electrons. The van der Waals surface area contributed by atoms with E-state index in [-0.39, 0.29) is 12.5 Å². The summed E-state index contributed by atoms with van der Waals surface area (Å²) in [7, 11) is 0. The molecule has 0 saturated carbocycles. The van der Waals surface area contributed by atoms with Crippen LogP contribution in [0.4, 0.5) is 5.88 Å². The van der Waals surface area contributed by atoms with Gasteiger partial charge >= 0.3 is 0 Å². The van der Waals surface area contributed by atoms with Crippen molar-refractivity contribution in [2.24, 2.45) is 0 Å². The zero-order chi connectivity index (χ0) is 12.4. The van der Waals surface area contributed by atoms with Crippen LogP contribution in [0.25, 0.3) is 0 Å². The van der Waals surface area contributed by atoms with E-state index in [9.17, 15) is 15.0 Å². The molecule has 0 spiro atoms. The smallest absolute Gasteiger partial charge is 0.240 e. The molecule has 2 atom stereocenters. The maximum Gasteiger partial charge on any atom is 0.240 e. The van der Waals surface area contributed by atoms with Gasteiger partial charge in [-0.05, 0) is 6.92 Å². The van der Waals surface area contributed by atoms with Crippen LogP contribution in [0.1, 0.15) is 5.69 Å². The first-order valence-corrected chi connectivity index (χ1v) is 5.36. The second-order valence-electron chi connectivity index (χ2n) is 4.21. The van der Waals surface area contributed by atoms with Crippen LogP contribution in [0.15, 0.2) is 10.6 Å². The Morgan fingerprint density at radius 2 is 2.24 bits per heavy atom. The van der Waals surface area contributed by atoms with E-state index >= 15 is 0 Å². The van der Waals surface area contributed by atoms with Gasteiger partial charge in [0.25, 0.3) is 0 Å². The second kappa shape index (κ2) is 4.82. The molecule has 0 aliphatic carbocycles. The number of aryl methyl sites for hydroxylation is 1. The van der Waals surface area contributed by atoms with Crippen molar-refractivity contribution in [3.05, 3.63) is 11.8 Å². The Morgan fingerprint density at radius 1 is 1.59 bits per heavy atom. The summed E-state index contributed by atoms with van der Waals surface area (Å²) in [6.07, 6.45) is -1.56. The highest BCUT2D eigenvalue weighted by molar-refractivity contribution is 5.90. The Bertz CT molecular complexity index is 396. The van der Waals surface area contributed by atoms with Crippen molar-refractivity contribution in [2.75, 3.05) is 25.0 Å². The van der Waals surface area contributed by atoms with Crippen molar-refractivity contribution in [1.82, 2.24) is 10.1 Å². The molecule has 1 aromatic heterocycles. The Morgan fingerprint density at radius 3 is 2.76 bits per heavy atom. The maximum atomic E-state index is 11.6. The summed E-state index contributed by atoms with van der Waals surface area (Å²) >= 11 is 0. The molecule has 1 saturated heterocycles. The topological polar surface area (TPSA) is 98.8 Å². The molecule has 7 nitrogen and oxygen atoms in total. The molecule has 1 amide bonds. The summed E-state index contributed by atoms with van der Waals surface area (Å²) < 4.78 is 4.84. The molecule has 94 valence electrons. The van der Waals surface area contributed by atoms with Crippen molar-refractivity contribution in [2.45, 2.75) is 19.1 Å². The number of β-amino-alcohol motifs (C(OH)–C–C–N with tert-alkyl or cyclic N) is 2. The lowest BCUT2D eigenvalue weighted by Gasteiger charge is -2.12. The predicted molar refractivity (Wildman–Crippen MR) is 58.3 cm³/mol. The summed E-state index contributed by atoms with van der Waals surface area (Å²) in [5.41, 5.74) is 0.687. The van der Waals surface area contributed by atoms with Crippen LogP contribution >= 0.6 is 0 Å². The van der Waals surface area contributed by atoms with Crippen molar-refractivity contribution in [3.8, 4) is 0 Å². The molecule has 0 bridgehead atoms. The van der Waals surface area contributed by atoms with Crippen LogP contribution in [0.3, 0.4) is 0 Å². The number of carbonyl (C=O) groups excluding carboxylic acids is 1. The molecule has 1 aliphatic heterocycles. The summed E-state index contributed by atoms with van der Waals surface area (Å²) in [4.78, 5) is 13.3. The molecule has 2 heterocycles.